The van der Waals surface area contributed by atoms with Crippen LogP contribution in [-0.4, -0.2) is 98.3 Å². The first kappa shape index (κ1) is 42.8. The molecule has 1 heterocycles. The number of nitrogens with two attached hydrogens (primary N) is 3. The number of rotatable bonds is 11. The van der Waals surface area contributed by atoms with Gasteiger partial charge in [-0.15, -0.1) is 0 Å². The number of Topliss-reactive ketones (excluding diaryl/α,β-unsaturated/α-hetero) is 1. The van der Waals surface area contributed by atoms with Crippen molar-refractivity contribution >= 4 is 51.2 Å². The zero-order valence-electron chi connectivity index (χ0n) is 30.4. The number of amides is 4. The maximum atomic E-state index is 13.8. The first-order chi connectivity index (χ1) is 24.0. The Balaban J connectivity index is 0.00000118. The van der Waals surface area contributed by atoms with Crippen LogP contribution in [0.5, 0.6) is 0 Å². The molecule has 1 saturated heterocycles. The molecule has 2 fully saturated rings. The first-order valence-corrected chi connectivity index (χ1v) is 18.5. The van der Waals surface area contributed by atoms with Crippen LogP contribution in [0.3, 0.4) is 0 Å². The summed E-state index contributed by atoms with van der Waals surface area (Å²) < 4.78 is 12.3. The number of carbonyl (C=O) groups excluding carboxylic acids is 5. The number of benzene rings is 2. The molecule has 2 aromatic rings. The highest BCUT2D eigenvalue weighted by Gasteiger charge is 2.48. The minimum atomic E-state index is -1.46. The Morgan fingerprint density at radius 1 is 1.06 bits per heavy atom. The summed E-state index contributed by atoms with van der Waals surface area (Å²) in [5.41, 5.74) is 8.76. The average molecular weight is 731 g/mol. The molecule has 15 nitrogen and oxygen atoms in total. The van der Waals surface area contributed by atoms with Gasteiger partial charge in [0.15, 0.2) is 0 Å². The summed E-state index contributed by atoms with van der Waals surface area (Å²) in [7, 11) is 0.826. The highest BCUT2D eigenvalue weighted by molar-refractivity contribution is 7.82. The number of fused-ring (bicyclic) bond motifs is 1. The second-order valence-electron chi connectivity index (χ2n) is 12.7. The summed E-state index contributed by atoms with van der Waals surface area (Å²) in [6.45, 7) is 6.54. The molecule has 1 aliphatic heterocycles. The molecular weight excluding hydrogens is 677 g/mol. The summed E-state index contributed by atoms with van der Waals surface area (Å²) in [6.07, 6.45) is 5.32. The molecule has 0 radical (unpaired) electrons. The number of likely N-dealkylation sites (tertiary alicyclic amines) is 1. The molecule has 0 spiro atoms. The van der Waals surface area contributed by atoms with E-state index in [1.165, 1.54) is 23.8 Å². The van der Waals surface area contributed by atoms with E-state index in [4.69, 9.17) is 17.3 Å². The van der Waals surface area contributed by atoms with Crippen molar-refractivity contribution in [2.75, 3.05) is 26.4 Å². The third-order valence-electron chi connectivity index (χ3n) is 8.79. The molecule has 51 heavy (non-hydrogen) atoms. The van der Waals surface area contributed by atoms with E-state index in [2.05, 4.69) is 15.4 Å². The Kier molecular flexibility index (Phi) is 16.2. The minimum absolute atomic E-state index is 0.0287. The molecular formula is C35H54N8O7S. The standard InChI is InChI=1S/C31H41N7O6.C2H7NOS.C2H6/c1-30(2,44)24(16-32)38(34)22-15-23(29(43)36-31(26(40)27(33)41)12-6-3-7-13-31)37(18-22)25(39)17-35-28(42)21-11-10-19-8-4-5-9-20(19)14-21;1-3-5(2)4;1-2/h4-5,8-11,14,16,22-23,44H,3,6-7,12-13,15,17-18,32,34H2,1-2H3,(H2,33,41)(H,35,42)(H,36,43);3H,1-2H3;1-2H3/b24-16-;;. The SMILES string of the molecule is CC.CC(C)(O)/C(=C/N)N(N)C1CC(C(=O)NC2(C(=O)C(N)=O)CCCCC2)N(C(=O)CNC(=O)c2ccc3ccccc3c2)C1.CNS(C)=O. The van der Waals surface area contributed by atoms with Gasteiger partial charge in [0.1, 0.15) is 17.2 Å². The van der Waals surface area contributed by atoms with Gasteiger partial charge in [-0.05, 0) is 56.6 Å². The Morgan fingerprint density at radius 3 is 2.18 bits per heavy atom. The quantitative estimate of drug-likeness (QED) is 0.0969. The van der Waals surface area contributed by atoms with Gasteiger partial charge in [-0.25, -0.2) is 14.8 Å². The molecule has 1 saturated carbocycles. The van der Waals surface area contributed by atoms with Crippen molar-refractivity contribution < 1.29 is 33.3 Å². The van der Waals surface area contributed by atoms with E-state index in [9.17, 15) is 33.3 Å². The molecule has 2 aromatic carbocycles. The third kappa shape index (κ3) is 11.3. The first-order valence-electron chi connectivity index (χ1n) is 17.0. The lowest BCUT2D eigenvalue weighted by Gasteiger charge is -2.37. The molecule has 3 atom stereocenters. The van der Waals surface area contributed by atoms with Crippen LogP contribution in [-0.2, 0) is 30.2 Å². The molecule has 4 rings (SSSR count). The Bertz CT molecular complexity index is 1600. The van der Waals surface area contributed by atoms with Gasteiger partial charge in [0.05, 0.1) is 29.3 Å². The van der Waals surface area contributed by atoms with Crippen molar-refractivity contribution in [2.45, 2.75) is 89.4 Å². The summed E-state index contributed by atoms with van der Waals surface area (Å²) in [5.74, 6) is 2.66. The zero-order chi connectivity index (χ0) is 38.5. The Hall–Kier alpha value is -4.38. The summed E-state index contributed by atoms with van der Waals surface area (Å²) in [6, 6.07) is 11.0. The van der Waals surface area contributed by atoms with Crippen molar-refractivity contribution in [2.24, 2.45) is 17.3 Å². The number of hydrogen-bond donors (Lipinski definition) is 7. The van der Waals surface area contributed by atoms with Gasteiger partial charge in [-0.1, -0.05) is 63.4 Å². The van der Waals surface area contributed by atoms with Crippen molar-refractivity contribution in [3.8, 4) is 0 Å². The van der Waals surface area contributed by atoms with E-state index in [-0.39, 0.29) is 31.5 Å². The van der Waals surface area contributed by atoms with Crippen LogP contribution in [0.25, 0.3) is 10.8 Å². The van der Waals surface area contributed by atoms with Crippen LogP contribution in [0, 0.1) is 0 Å². The fourth-order valence-electron chi connectivity index (χ4n) is 6.15. The van der Waals surface area contributed by atoms with Gasteiger partial charge in [0.2, 0.25) is 17.6 Å². The smallest absolute Gasteiger partial charge is 0.287 e. The van der Waals surface area contributed by atoms with Gasteiger partial charge in [0, 0.05) is 31.0 Å². The highest BCUT2D eigenvalue weighted by atomic mass is 32.2. The van der Waals surface area contributed by atoms with E-state index < -0.39 is 70.2 Å². The second kappa shape index (κ2) is 19.3. The van der Waals surface area contributed by atoms with Crippen LogP contribution < -0.4 is 32.7 Å². The van der Waals surface area contributed by atoms with Gasteiger partial charge >= 0.3 is 0 Å². The van der Waals surface area contributed by atoms with E-state index in [0.717, 1.165) is 23.4 Å². The van der Waals surface area contributed by atoms with Crippen LogP contribution in [0.15, 0.2) is 54.4 Å². The number of nitrogens with zero attached hydrogens (tertiary/aromatic N) is 2. The Morgan fingerprint density at radius 2 is 1.65 bits per heavy atom. The predicted molar refractivity (Wildman–Crippen MR) is 197 cm³/mol. The fraction of sp³-hybridized carbons (Fsp3) is 0.514. The monoisotopic (exact) mass is 730 g/mol. The molecule has 2 aliphatic rings. The van der Waals surface area contributed by atoms with Crippen molar-refractivity contribution in [3.63, 3.8) is 0 Å². The maximum Gasteiger partial charge on any atom is 0.287 e. The molecule has 4 amide bonds. The number of nitrogens with one attached hydrogen (secondary N) is 3. The minimum Gasteiger partial charge on any atom is -0.403 e. The third-order valence-corrected chi connectivity index (χ3v) is 9.36. The van der Waals surface area contributed by atoms with Crippen LogP contribution in [0.4, 0.5) is 0 Å². The average Bonchev–Trinajstić information content (AvgIpc) is 3.57. The van der Waals surface area contributed by atoms with E-state index in [1.54, 1.807) is 25.4 Å². The number of primary amides is 1. The molecule has 1 aliphatic carbocycles. The van der Waals surface area contributed by atoms with E-state index in [1.807, 2.05) is 44.2 Å². The molecule has 16 heteroatoms. The molecule has 3 unspecified atom stereocenters. The van der Waals surface area contributed by atoms with Gasteiger partial charge in [-0.2, -0.15) is 0 Å². The maximum absolute atomic E-state index is 13.8. The Labute approximate surface area is 302 Å². The normalized spacial score (nSPS) is 19.0. The lowest BCUT2D eigenvalue weighted by molar-refractivity contribution is -0.145. The number of aliphatic hydroxyl groups is 1. The number of ketones is 1. The number of carbonyl (C=O) groups is 5. The number of hydrazine groups is 1. The topological polar surface area (TPSA) is 243 Å². The van der Waals surface area contributed by atoms with Crippen LogP contribution >= 0.6 is 0 Å². The van der Waals surface area contributed by atoms with E-state index >= 15 is 0 Å². The highest BCUT2D eigenvalue weighted by Crippen LogP contribution is 2.32. The van der Waals surface area contributed by atoms with Crippen LogP contribution in [0.2, 0.25) is 0 Å². The van der Waals surface area contributed by atoms with Gasteiger partial charge < -0.3 is 37.1 Å². The number of hydrogen-bond acceptors (Lipinski definition) is 10. The summed E-state index contributed by atoms with van der Waals surface area (Å²) >= 11 is 0. The molecule has 10 N–H and O–H groups in total. The summed E-state index contributed by atoms with van der Waals surface area (Å²) in [5, 5.41) is 19.0. The van der Waals surface area contributed by atoms with Crippen molar-refractivity contribution in [3.05, 3.63) is 59.9 Å². The van der Waals surface area contributed by atoms with Crippen molar-refractivity contribution in [1.29, 1.82) is 0 Å². The van der Waals surface area contributed by atoms with E-state index in [0.29, 0.717) is 18.4 Å². The van der Waals surface area contributed by atoms with Gasteiger partial charge in [0.25, 0.3) is 11.8 Å². The fourth-order valence-corrected chi connectivity index (χ4v) is 6.15. The van der Waals surface area contributed by atoms with Crippen molar-refractivity contribution in [1.82, 2.24) is 25.3 Å². The molecule has 0 bridgehead atoms. The molecule has 0 aromatic heterocycles. The second-order valence-corrected chi connectivity index (χ2v) is 14.0. The largest absolute Gasteiger partial charge is 0.403 e. The van der Waals surface area contributed by atoms with Gasteiger partial charge in [-0.3, -0.25) is 24.0 Å². The zero-order valence-corrected chi connectivity index (χ0v) is 31.2. The lowest BCUT2D eigenvalue weighted by atomic mass is 9.78. The predicted octanol–water partition coefficient (Wildman–Crippen LogP) is 0.685. The van der Waals surface area contributed by atoms with Crippen LogP contribution in [0.1, 0.15) is 76.6 Å². The lowest BCUT2D eigenvalue weighted by Crippen LogP contribution is -2.62. The molecule has 282 valence electrons. The summed E-state index contributed by atoms with van der Waals surface area (Å²) in [4.78, 5) is 66.4.